The largest absolute Gasteiger partial charge is 0.519 e. The monoisotopic (exact) mass is 932 g/mol. The summed E-state index contributed by atoms with van der Waals surface area (Å²) in [6.45, 7) is 0. The number of nitrogens with zero attached hydrogens (tertiary/aromatic N) is 4. The van der Waals surface area contributed by atoms with E-state index in [2.05, 4.69) is 0 Å². The number of carbonyl (C=O) groups excluding carboxylic acids is 5. The van der Waals surface area contributed by atoms with Crippen LogP contribution in [0.5, 0.6) is 23.0 Å². The number of anilines is 2. The standard InChI is InChI=1S/C55H38N4O11/c1-56-33(9-5-29-21-37(60)13-17-45(29)56)25-41-49(62)43(53(66)51(41)64)27-35-11-7-31-23-39(15-19-47(31)58(35)3)69-55(68)70-40-16-20-48-32(24-40)8-12-36(59(48)4)28-44-50(63)42(52(65)54(44)67)26-34-10-6-30-22-38(61)14-18-46(30)57(34)2/h5-28H,1-4H3,(H2-2,60,61,62,63,64,65,66,67)/p+2. The van der Waals surface area contributed by atoms with E-state index >= 15 is 0 Å². The van der Waals surface area contributed by atoms with Crippen molar-refractivity contribution in [1.29, 1.82) is 0 Å². The molecule has 4 aromatic carbocycles. The number of pyridine rings is 2. The molecule has 70 heavy (non-hydrogen) atoms. The summed E-state index contributed by atoms with van der Waals surface area (Å²) in [6.07, 6.45) is 11.8. The average Bonchev–Trinajstić information content (AvgIpc) is 3.65. The Morgan fingerprint density at radius 1 is 0.500 bits per heavy atom. The number of ether oxygens (including phenoxy) is 2. The zero-order valence-electron chi connectivity index (χ0n) is 37.8. The highest BCUT2D eigenvalue weighted by Crippen LogP contribution is 2.37. The molecule has 344 valence electrons. The van der Waals surface area contributed by atoms with Crippen molar-refractivity contribution in [3.63, 3.8) is 0 Å². The van der Waals surface area contributed by atoms with Crippen LogP contribution in [-0.4, -0.2) is 63.8 Å². The first kappa shape index (κ1) is 44.2. The molecular formula is C55H40N4O11+2. The second-order valence-electron chi connectivity index (χ2n) is 16.9. The number of ketones is 4. The molecule has 15 nitrogen and oxygen atoms in total. The van der Waals surface area contributed by atoms with Crippen molar-refractivity contribution in [2.75, 3.05) is 23.9 Å². The van der Waals surface area contributed by atoms with Gasteiger partial charge >= 0.3 is 6.16 Å². The molecule has 0 bridgehead atoms. The van der Waals surface area contributed by atoms with Gasteiger partial charge in [-0.25, -0.2) is 4.79 Å². The third kappa shape index (κ3) is 7.66. The predicted molar refractivity (Wildman–Crippen MR) is 259 cm³/mol. The fourth-order valence-electron chi connectivity index (χ4n) is 8.87. The highest BCUT2D eigenvalue weighted by atomic mass is 16.7. The molecule has 0 radical (unpaired) electrons. The number of rotatable bonds is 6. The molecule has 0 fully saturated rings. The number of benzene rings is 4. The maximum atomic E-state index is 13.2. The van der Waals surface area contributed by atoms with Crippen LogP contribution in [0.25, 0.3) is 46.1 Å². The minimum atomic E-state index is -0.998. The number of likely N-dealkylation sites (N-methyl/N-ethyl adjacent to an activating group) is 2. The maximum absolute atomic E-state index is 13.2. The van der Waals surface area contributed by atoms with Crippen molar-refractivity contribution in [1.82, 2.24) is 0 Å². The molecule has 2 aliphatic carbocycles. The number of hydrogen-bond donors (Lipinski definition) is 4. The van der Waals surface area contributed by atoms with Gasteiger partial charge in [-0.05, 0) is 97.1 Å². The van der Waals surface area contributed by atoms with Gasteiger partial charge in [0.15, 0.2) is 0 Å². The number of fused-ring (bicyclic) bond motifs is 4. The number of aliphatic hydroxyl groups is 2. The summed E-state index contributed by atoms with van der Waals surface area (Å²) in [5, 5.41) is 43.4. The summed E-state index contributed by atoms with van der Waals surface area (Å²) >= 11 is 0. The van der Waals surface area contributed by atoms with E-state index in [1.807, 2.05) is 0 Å². The Labute approximate surface area is 398 Å². The molecule has 10 rings (SSSR count). The van der Waals surface area contributed by atoms with Crippen LogP contribution >= 0.6 is 0 Å². The third-order valence-electron chi connectivity index (χ3n) is 12.7. The van der Waals surface area contributed by atoms with Gasteiger partial charge in [-0.1, -0.05) is 12.2 Å². The van der Waals surface area contributed by atoms with Crippen LogP contribution in [0.2, 0.25) is 0 Å². The van der Waals surface area contributed by atoms with Gasteiger partial charge in [0, 0.05) is 84.4 Å². The van der Waals surface area contributed by atoms with Crippen LogP contribution in [-0.2, 0) is 33.3 Å². The minimum Gasteiger partial charge on any atom is -0.508 e. The second-order valence-corrected chi connectivity index (χ2v) is 16.9. The van der Waals surface area contributed by atoms with Gasteiger partial charge in [0.2, 0.25) is 45.6 Å². The van der Waals surface area contributed by atoms with E-state index in [0.29, 0.717) is 44.6 Å². The van der Waals surface area contributed by atoms with E-state index < -0.39 is 40.8 Å². The third-order valence-corrected chi connectivity index (χ3v) is 12.7. The number of phenolic OH excluding ortho intramolecular Hbond substituents is 2. The molecule has 6 aromatic rings. The van der Waals surface area contributed by atoms with Crippen LogP contribution < -0.4 is 28.4 Å². The molecule has 0 unspecified atom stereocenters. The fourth-order valence-corrected chi connectivity index (χ4v) is 8.87. The van der Waals surface area contributed by atoms with E-state index in [4.69, 9.17) is 9.47 Å². The molecule has 0 spiro atoms. The number of aromatic nitrogens is 2. The lowest BCUT2D eigenvalue weighted by molar-refractivity contribution is -0.646. The van der Waals surface area contributed by atoms with Crippen molar-refractivity contribution < 1.29 is 63.0 Å². The molecule has 0 saturated carbocycles. The van der Waals surface area contributed by atoms with Crippen molar-refractivity contribution in [2.24, 2.45) is 14.1 Å². The van der Waals surface area contributed by atoms with E-state index in [9.17, 15) is 44.4 Å². The first-order chi connectivity index (χ1) is 33.5. The van der Waals surface area contributed by atoms with Crippen molar-refractivity contribution in [3.8, 4) is 23.0 Å². The summed E-state index contributed by atoms with van der Waals surface area (Å²) in [6, 6.07) is 26.5. The lowest BCUT2D eigenvalue weighted by atomic mass is 10.0. The van der Waals surface area contributed by atoms with Gasteiger partial charge in [0.1, 0.15) is 48.6 Å². The highest BCUT2D eigenvalue weighted by molar-refractivity contribution is 6.55. The Hall–Kier alpha value is -9.63. The Balaban J connectivity index is 0.831. The molecule has 4 heterocycles. The van der Waals surface area contributed by atoms with Crippen LogP contribution in [0.1, 0.15) is 22.5 Å². The Bertz CT molecular complexity index is 3460. The lowest BCUT2D eigenvalue weighted by Gasteiger charge is -2.26. The number of allylic oxidation sites excluding steroid dienone is 8. The molecule has 0 amide bonds. The Morgan fingerprint density at radius 2 is 0.914 bits per heavy atom. The number of aromatic hydroxyl groups is 2. The predicted octanol–water partition coefficient (Wildman–Crippen LogP) is 7.42. The van der Waals surface area contributed by atoms with Crippen molar-refractivity contribution >= 4 is 86.8 Å². The van der Waals surface area contributed by atoms with Gasteiger partial charge in [0.25, 0.3) is 0 Å². The van der Waals surface area contributed by atoms with Crippen LogP contribution in [0, 0.1) is 0 Å². The molecule has 15 heteroatoms. The quantitative estimate of drug-likeness (QED) is 0.0424. The van der Waals surface area contributed by atoms with Gasteiger partial charge in [-0.2, -0.15) is 9.13 Å². The van der Waals surface area contributed by atoms with E-state index in [0.717, 1.165) is 22.5 Å². The smallest absolute Gasteiger partial charge is 0.508 e. The number of Topliss-reactive ketones (excluding diaryl/α,β-unsaturated/α-hetero) is 4. The first-order valence-corrected chi connectivity index (χ1v) is 21.7. The number of carbonyl (C=O) groups is 5. The van der Waals surface area contributed by atoms with Crippen molar-refractivity contribution in [2.45, 2.75) is 0 Å². The van der Waals surface area contributed by atoms with Crippen LogP contribution in [0.15, 0.2) is 167 Å². The normalized spacial score (nSPS) is 17.9. The molecule has 4 N–H and O–H groups in total. The number of hydrogen-bond acceptors (Lipinski definition) is 13. The summed E-state index contributed by atoms with van der Waals surface area (Å²) in [5.41, 5.74) is 5.97. The SMILES string of the molecule is CN1/C(=C/C2=C(O)C(=C\c3ccc4cc(OC(=O)Oc5ccc6c(ccc(/C=C7/C(=O)C(=O)C(/C=C8\C=Cc9cc(O)ccc9N8C)=C7O)[n+]6C)c5)ccc4[n+]3C)/C(=O)C2=O)C=Cc2cc(O)ccc21. The first-order valence-electron chi connectivity index (χ1n) is 21.7. The molecule has 4 aliphatic rings. The number of aryl methyl sites for hydroxylation is 2. The van der Waals surface area contributed by atoms with Crippen LogP contribution in [0.4, 0.5) is 16.2 Å². The summed E-state index contributed by atoms with van der Waals surface area (Å²) in [4.78, 5) is 69.3. The number of aliphatic hydroxyl groups excluding tert-OH is 2. The highest BCUT2D eigenvalue weighted by Gasteiger charge is 2.38. The second kappa shape index (κ2) is 16.9. The number of phenols is 2. The maximum Gasteiger partial charge on any atom is 0.519 e. The zero-order valence-corrected chi connectivity index (χ0v) is 37.8. The van der Waals surface area contributed by atoms with Crippen molar-refractivity contribution in [3.05, 3.63) is 189 Å². The molecule has 0 atom stereocenters. The molecular weight excluding hydrogens is 893 g/mol. The van der Waals surface area contributed by atoms with Crippen LogP contribution in [0.3, 0.4) is 0 Å². The van der Waals surface area contributed by atoms with E-state index in [-0.39, 0.29) is 45.3 Å². The van der Waals surface area contributed by atoms with E-state index in [1.165, 1.54) is 24.3 Å². The fraction of sp³-hybridized carbons (Fsp3) is 0.0727. The summed E-state index contributed by atoms with van der Waals surface area (Å²) < 4.78 is 14.6. The van der Waals surface area contributed by atoms with Gasteiger partial charge in [-0.3, -0.25) is 19.2 Å². The molecule has 2 aliphatic heterocycles. The Kier molecular flexibility index (Phi) is 10.7. The average molecular weight is 933 g/mol. The molecule has 2 aromatic heterocycles. The minimum absolute atomic E-state index is 0.111. The topological polar surface area (TPSA) is 199 Å². The van der Waals surface area contributed by atoms with Gasteiger partial charge in [0.05, 0.1) is 33.1 Å². The lowest BCUT2D eigenvalue weighted by Crippen LogP contribution is -2.33. The van der Waals surface area contributed by atoms with Gasteiger partial charge in [-0.15, -0.1) is 0 Å². The summed E-state index contributed by atoms with van der Waals surface area (Å²) in [5.74, 6) is -3.67. The zero-order chi connectivity index (χ0) is 49.3. The Morgan fingerprint density at radius 3 is 1.33 bits per heavy atom. The molecule has 0 saturated heterocycles. The summed E-state index contributed by atoms with van der Waals surface area (Å²) in [7, 11) is 7.05. The van der Waals surface area contributed by atoms with Gasteiger partial charge < -0.3 is 39.7 Å². The van der Waals surface area contributed by atoms with E-state index in [1.54, 1.807) is 168 Å².